The SMILES string of the molecule is CC1(CN2CCN(C(=O)c3ccc([N+](=O)[O-])s3)CC2)CCNC1.Cl. The summed E-state index contributed by atoms with van der Waals surface area (Å²) in [4.78, 5) is 27.4. The van der Waals surface area contributed by atoms with Gasteiger partial charge in [-0.15, -0.1) is 12.4 Å². The highest BCUT2D eigenvalue weighted by Gasteiger charge is 2.32. The molecule has 7 nitrogen and oxygen atoms in total. The number of halogens is 1. The van der Waals surface area contributed by atoms with Crippen molar-refractivity contribution in [3.8, 4) is 0 Å². The van der Waals surface area contributed by atoms with Gasteiger partial charge in [-0.2, -0.15) is 0 Å². The third-order valence-corrected chi connectivity index (χ3v) is 5.73. The van der Waals surface area contributed by atoms with Crippen LogP contribution in [0.1, 0.15) is 23.0 Å². The number of nitrogens with zero attached hydrogens (tertiary/aromatic N) is 3. The van der Waals surface area contributed by atoms with Gasteiger partial charge in [-0.05, 0) is 24.4 Å². The van der Waals surface area contributed by atoms with Crippen molar-refractivity contribution in [1.29, 1.82) is 0 Å². The van der Waals surface area contributed by atoms with Gasteiger partial charge in [-0.3, -0.25) is 19.8 Å². The Morgan fingerprint density at radius 1 is 1.38 bits per heavy atom. The predicted octanol–water partition coefficient (Wildman–Crippen LogP) is 1.84. The molecule has 1 N–H and O–H groups in total. The highest BCUT2D eigenvalue weighted by molar-refractivity contribution is 7.17. The number of hydrogen-bond donors (Lipinski definition) is 1. The molecule has 2 aliphatic rings. The van der Waals surface area contributed by atoms with E-state index >= 15 is 0 Å². The Hall–Kier alpha value is -1.22. The molecule has 1 atom stereocenters. The lowest BCUT2D eigenvalue weighted by molar-refractivity contribution is -0.380. The fourth-order valence-electron chi connectivity index (χ4n) is 3.35. The summed E-state index contributed by atoms with van der Waals surface area (Å²) in [6, 6.07) is 2.96. The first-order valence-corrected chi connectivity index (χ1v) is 8.75. The Balaban J connectivity index is 0.00000208. The Bertz CT molecular complexity index is 595. The lowest BCUT2D eigenvalue weighted by Crippen LogP contribution is -2.51. The maximum Gasteiger partial charge on any atom is 0.324 e. The molecule has 1 amide bonds. The first-order chi connectivity index (χ1) is 11.0. The van der Waals surface area contributed by atoms with Crippen molar-refractivity contribution in [2.45, 2.75) is 13.3 Å². The van der Waals surface area contributed by atoms with Gasteiger partial charge in [-0.1, -0.05) is 18.3 Å². The van der Waals surface area contributed by atoms with Crippen LogP contribution < -0.4 is 5.32 Å². The molecule has 24 heavy (non-hydrogen) atoms. The van der Waals surface area contributed by atoms with E-state index in [1.165, 1.54) is 12.5 Å². The summed E-state index contributed by atoms with van der Waals surface area (Å²) in [6.45, 7) is 8.64. The number of rotatable bonds is 4. The molecule has 0 aromatic carbocycles. The van der Waals surface area contributed by atoms with Crippen molar-refractivity contribution in [2.24, 2.45) is 5.41 Å². The van der Waals surface area contributed by atoms with E-state index in [0.29, 0.717) is 23.4 Å². The van der Waals surface area contributed by atoms with E-state index in [4.69, 9.17) is 0 Å². The topological polar surface area (TPSA) is 78.7 Å². The van der Waals surface area contributed by atoms with Crippen molar-refractivity contribution in [1.82, 2.24) is 15.1 Å². The molecular formula is C15H23ClN4O3S. The average molecular weight is 375 g/mol. The molecule has 1 aromatic rings. The number of piperazine rings is 1. The summed E-state index contributed by atoms with van der Waals surface area (Å²) in [5.74, 6) is -0.0866. The molecule has 2 fully saturated rings. The summed E-state index contributed by atoms with van der Waals surface area (Å²) in [5, 5.41) is 14.2. The summed E-state index contributed by atoms with van der Waals surface area (Å²) in [7, 11) is 0. The molecule has 0 radical (unpaired) electrons. The fraction of sp³-hybridized carbons (Fsp3) is 0.667. The minimum Gasteiger partial charge on any atom is -0.335 e. The Labute approximate surface area is 151 Å². The van der Waals surface area contributed by atoms with Gasteiger partial charge in [0.1, 0.15) is 0 Å². The minimum atomic E-state index is -0.449. The van der Waals surface area contributed by atoms with Crippen LogP contribution in [0, 0.1) is 15.5 Å². The Morgan fingerprint density at radius 3 is 2.62 bits per heavy atom. The zero-order valence-corrected chi connectivity index (χ0v) is 15.3. The molecule has 0 bridgehead atoms. The maximum atomic E-state index is 12.4. The molecule has 1 aromatic heterocycles. The summed E-state index contributed by atoms with van der Waals surface area (Å²) in [5.41, 5.74) is 0.334. The lowest BCUT2D eigenvalue weighted by Gasteiger charge is -2.38. The molecule has 2 saturated heterocycles. The molecule has 2 aliphatic heterocycles. The Morgan fingerprint density at radius 2 is 2.08 bits per heavy atom. The molecule has 0 saturated carbocycles. The summed E-state index contributed by atoms with van der Waals surface area (Å²) >= 11 is 0.957. The minimum absolute atomic E-state index is 0. The number of hydrogen-bond acceptors (Lipinski definition) is 6. The molecule has 3 rings (SSSR count). The number of nitro groups is 1. The molecule has 3 heterocycles. The monoisotopic (exact) mass is 374 g/mol. The zero-order chi connectivity index (χ0) is 16.4. The Kier molecular flexibility index (Phi) is 6.19. The second-order valence-electron chi connectivity index (χ2n) is 6.70. The van der Waals surface area contributed by atoms with E-state index < -0.39 is 4.92 Å². The van der Waals surface area contributed by atoms with Crippen LogP contribution in [-0.2, 0) is 0 Å². The van der Waals surface area contributed by atoms with Gasteiger partial charge in [0.05, 0.1) is 9.80 Å². The molecule has 9 heteroatoms. The first-order valence-electron chi connectivity index (χ1n) is 7.93. The van der Waals surface area contributed by atoms with Crippen molar-refractivity contribution in [3.05, 3.63) is 27.1 Å². The van der Waals surface area contributed by atoms with Crippen LogP contribution in [0.25, 0.3) is 0 Å². The van der Waals surface area contributed by atoms with Crippen LogP contribution in [0.2, 0.25) is 0 Å². The number of thiophene rings is 1. The molecule has 134 valence electrons. The fourth-order valence-corrected chi connectivity index (χ4v) is 4.14. The second-order valence-corrected chi connectivity index (χ2v) is 7.76. The number of nitrogens with one attached hydrogen (secondary N) is 1. The lowest BCUT2D eigenvalue weighted by atomic mass is 9.89. The van der Waals surface area contributed by atoms with Crippen molar-refractivity contribution in [3.63, 3.8) is 0 Å². The third-order valence-electron chi connectivity index (χ3n) is 4.70. The van der Waals surface area contributed by atoms with Crippen LogP contribution in [0.3, 0.4) is 0 Å². The largest absolute Gasteiger partial charge is 0.335 e. The molecular weight excluding hydrogens is 352 g/mol. The van der Waals surface area contributed by atoms with Gasteiger partial charge < -0.3 is 10.2 Å². The van der Waals surface area contributed by atoms with Crippen LogP contribution in [0.4, 0.5) is 5.00 Å². The first kappa shape index (κ1) is 19.1. The van der Waals surface area contributed by atoms with E-state index in [1.54, 1.807) is 11.0 Å². The van der Waals surface area contributed by atoms with E-state index in [1.807, 2.05) is 0 Å². The van der Waals surface area contributed by atoms with E-state index in [9.17, 15) is 14.9 Å². The highest BCUT2D eigenvalue weighted by atomic mass is 35.5. The van der Waals surface area contributed by atoms with Gasteiger partial charge >= 0.3 is 5.00 Å². The molecule has 1 unspecified atom stereocenters. The van der Waals surface area contributed by atoms with Crippen molar-refractivity contribution >= 4 is 34.7 Å². The third kappa shape index (κ3) is 4.24. The number of carbonyl (C=O) groups is 1. The van der Waals surface area contributed by atoms with E-state index in [0.717, 1.165) is 44.1 Å². The average Bonchev–Trinajstić information content (AvgIpc) is 3.17. The van der Waals surface area contributed by atoms with Crippen molar-refractivity contribution < 1.29 is 9.72 Å². The number of carbonyl (C=O) groups excluding carboxylic acids is 1. The van der Waals surface area contributed by atoms with E-state index in [-0.39, 0.29) is 23.3 Å². The van der Waals surface area contributed by atoms with Gasteiger partial charge in [0.25, 0.3) is 5.91 Å². The van der Waals surface area contributed by atoms with Crippen LogP contribution in [-0.4, -0.2) is 66.4 Å². The van der Waals surface area contributed by atoms with Gasteiger partial charge in [0.15, 0.2) is 0 Å². The van der Waals surface area contributed by atoms with Gasteiger partial charge in [0, 0.05) is 45.3 Å². The molecule has 0 spiro atoms. The van der Waals surface area contributed by atoms with Crippen molar-refractivity contribution in [2.75, 3.05) is 45.8 Å². The zero-order valence-electron chi connectivity index (χ0n) is 13.7. The van der Waals surface area contributed by atoms with Crippen LogP contribution in [0.5, 0.6) is 0 Å². The standard InChI is InChI=1S/C15H22N4O3S.ClH/c1-15(4-5-16-10-15)11-17-6-8-18(9-7-17)14(20)12-2-3-13(23-12)19(21)22;/h2-3,16H,4-11H2,1H3;1H. The second kappa shape index (κ2) is 7.77. The number of amides is 1. The highest BCUT2D eigenvalue weighted by Crippen LogP contribution is 2.27. The smallest absolute Gasteiger partial charge is 0.324 e. The van der Waals surface area contributed by atoms with Gasteiger partial charge in [0.2, 0.25) is 0 Å². The quantitative estimate of drug-likeness (QED) is 0.642. The van der Waals surface area contributed by atoms with Gasteiger partial charge in [-0.25, -0.2) is 0 Å². The summed E-state index contributed by atoms with van der Waals surface area (Å²) < 4.78 is 0. The van der Waals surface area contributed by atoms with E-state index in [2.05, 4.69) is 17.1 Å². The summed E-state index contributed by atoms with van der Waals surface area (Å²) in [6.07, 6.45) is 1.20. The van der Waals surface area contributed by atoms with Crippen LogP contribution >= 0.6 is 23.7 Å². The maximum absolute atomic E-state index is 12.4. The predicted molar refractivity (Wildman–Crippen MR) is 96.2 cm³/mol. The molecule has 0 aliphatic carbocycles. The van der Waals surface area contributed by atoms with Crippen LogP contribution in [0.15, 0.2) is 12.1 Å². The normalized spacial score (nSPS) is 24.6.